The molecule has 0 atom stereocenters. The molecule has 1 aromatic heterocycles. The molecule has 0 saturated carbocycles. The van der Waals surface area contributed by atoms with Crippen molar-refractivity contribution in [2.45, 2.75) is 19.8 Å². The van der Waals surface area contributed by atoms with Gasteiger partial charge in [-0.2, -0.15) is 5.26 Å². The molecule has 2 aromatic rings. The Balaban J connectivity index is 1.97. The second-order valence-electron chi connectivity index (χ2n) is 4.50. The van der Waals surface area contributed by atoms with Crippen molar-refractivity contribution in [3.05, 3.63) is 29.7 Å². The smallest absolute Gasteiger partial charge is 0.192 e. The Bertz CT molecular complexity index is 568. The Morgan fingerprint density at radius 2 is 2.22 bits per heavy atom. The number of rotatable bonds is 5. The van der Waals surface area contributed by atoms with E-state index in [1.54, 1.807) is 0 Å². The highest BCUT2D eigenvalue weighted by Crippen LogP contribution is 2.17. The van der Waals surface area contributed by atoms with Crippen LogP contribution in [-0.4, -0.2) is 30.0 Å². The van der Waals surface area contributed by atoms with Gasteiger partial charge in [0, 0.05) is 26.4 Å². The Kier molecular flexibility index (Phi) is 3.96. The Morgan fingerprint density at radius 3 is 3.00 bits per heavy atom. The first-order valence-corrected chi connectivity index (χ1v) is 6.10. The monoisotopic (exact) mass is 243 g/mol. The average Bonchev–Trinajstić information content (AvgIpc) is 2.73. The molecule has 0 N–H and O–H groups in total. The second kappa shape index (κ2) is 5.65. The van der Waals surface area contributed by atoms with E-state index in [0.717, 1.165) is 30.6 Å². The maximum Gasteiger partial charge on any atom is 0.192 e. The van der Waals surface area contributed by atoms with Gasteiger partial charge in [-0.25, -0.2) is 4.98 Å². The Morgan fingerprint density at radius 1 is 1.39 bits per heavy atom. The van der Waals surface area contributed by atoms with Crippen molar-refractivity contribution in [1.82, 2.24) is 9.88 Å². The van der Waals surface area contributed by atoms with Crippen LogP contribution in [0.5, 0.6) is 0 Å². The van der Waals surface area contributed by atoms with Gasteiger partial charge in [0.05, 0.1) is 6.07 Å². The fourth-order valence-electron chi connectivity index (χ4n) is 1.91. The summed E-state index contributed by atoms with van der Waals surface area (Å²) in [6, 6.07) is 8.29. The third-order valence-corrected chi connectivity index (χ3v) is 2.95. The highest BCUT2D eigenvalue weighted by molar-refractivity contribution is 5.73. The molecule has 2 rings (SSSR count). The number of aryl methyl sites for hydroxylation is 1. The van der Waals surface area contributed by atoms with Gasteiger partial charge < -0.3 is 9.32 Å². The number of nitrogens with zero attached hydrogens (tertiary/aromatic N) is 3. The summed E-state index contributed by atoms with van der Waals surface area (Å²) in [4.78, 5) is 6.44. The predicted octanol–water partition coefficient (Wildman–Crippen LogP) is 2.52. The van der Waals surface area contributed by atoms with E-state index in [2.05, 4.69) is 22.0 Å². The van der Waals surface area contributed by atoms with Gasteiger partial charge in [-0.05, 0) is 31.2 Å². The summed E-state index contributed by atoms with van der Waals surface area (Å²) >= 11 is 0. The number of oxazole rings is 1. The molecule has 1 heterocycles. The number of hydrogen-bond donors (Lipinski definition) is 0. The molecule has 0 aliphatic carbocycles. The molecule has 0 fully saturated rings. The fraction of sp³-hybridized carbons (Fsp3) is 0.429. The van der Waals surface area contributed by atoms with E-state index in [4.69, 9.17) is 9.68 Å². The van der Waals surface area contributed by atoms with Crippen LogP contribution in [0.25, 0.3) is 11.1 Å². The topological polar surface area (TPSA) is 53.1 Å². The first-order valence-electron chi connectivity index (χ1n) is 6.10. The maximum atomic E-state index is 8.53. The number of fused-ring (bicyclic) bond motifs is 1. The first-order chi connectivity index (χ1) is 8.69. The van der Waals surface area contributed by atoms with Gasteiger partial charge in [0.25, 0.3) is 0 Å². The van der Waals surface area contributed by atoms with Gasteiger partial charge in [0.2, 0.25) is 0 Å². The number of benzene rings is 1. The lowest BCUT2D eigenvalue weighted by Gasteiger charge is -2.14. The van der Waals surface area contributed by atoms with E-state index < -0.39 is 0 Å². The number of aromatic nitrogens is 1. The summed E-state index contributed by atoms with van der Waals surface area (Å²) in [5.41, 5.74) is 3.00. The van der Waals surface area contributed by atoms with Crippen LogP contribution in [0.1, 0.15) is 17.9 Å². The summed E-state index contributed by atoms with van der Waals surface area (Å²) in [5.74, 6) is 0.702. The summed E-state index contributed by atoms with van der Waals surface area (Å²) in [6.45, 7) is 3.62. The minimum atomic E-state index is 0.580. The van der Waals surface area contributed by atoms with Crippen LogP contribution < -0.4 is 0 Å². The van der Waals surface area contributed by atoms with E-state index in [1.165, 1.54) is 5.56 Å². The van der Waals surface area contributed by atoms with Crippen molar-refractivity contribution in [2.75, 3.05) is 20.1 Å². The zero-order chi connectivity index (χ0) is 13.0. The lowest BCUT2D eigenvalue weighted by molar-refractivity contribution is 0.346. The molecule has 0 amide bonds. The molecule has 0 radical (unpaired) electrons. The first kappa shape index (κ1) is 12.6. The minimum absolute atomic E-state index is 0.580. The van der Waals surface area contributed by atoms with Crippen LogP contribution in [0, 0.1) is 18.3 Å². The lowest BCUT2D eigenvalue weighted by atomic mass is 10.1. The highest BCUT2D eigenvalue weighted by Gasteiger charge is 2.04. The summed E-state index contributed by atoms with van der Waals surface area (Å²) in [5, 5.41) is 8.53. The molecule has 4 nitrogen and oxygen atoms in total. The third kappa shape index (κ3) is 3.08. The van der Waals surface area contributed by atoms with E-state index in [0.29, 0.717) is 12.3 Å². The van der Waals surface area contributed by atoms with Gasteiger partial charge in [0.15, 0.2) is 11.5 Å². The van der Waals surface area contributed by atoms with Crippen LogP contribution in [0.4, 0.5) is 0 Å². The SMILES string of the molecule is Cc1nc2ccc(CCN(C)CCC#N)cc2o1. The molecule has 4 heteroatoms. The normalized spacial score (nSPS) is 11.0. The second-order valence-corrected chi connectivity index (χ2v) is 4.50. The zero-order valence-electron chi connectivity index (χ0n) is 10.8. The van der Waals surface area contributed by atoms with Gasteiger partial charge >= 0.3 is 0 Å². The molecule has 0 aliphatic heterocycles. The minimum Gasteiger partial charge on any atom is -0.441 e. The Hall–Kier alpha value is -1.86. The van der Waals surface area contributed by atoms with Gasteiger partial charge in [-0.3, -0.25) is 0 Å². The van der Waals surface area contributed by atoms with Gasteiger partial charge in [-0.1, -0.05) is 6.07 Å². The van der Waals surface area contributed by atoms with Crippen molar-refractivity contribution < 1.29 is 4.42 Å². The molecule has 18 heavy (non-hydrogen) atoms. The summed E-state index contributed by atoms with van der Waals surface area (Å²) in [7, 11) is 2.04. The molecular formula is C14H17N3O. The molecule has 0 unspecified atom stereocenters. The molecular weight excluding hydrogens is 226 g/mol. The predicted molar refractivity (Wildman–Crippen MR) is 70.2 cm³/mol. The number of likely N-dealkylation sites (N-methyl/N-ethyl adjacent to an activating group) is 1. The van der Waals surface area contributed by atoms with Crippen LogP contribution in [-0.2, 0) is 6.42 Å². The van der Waals surface area contributed by atoms with E-state index >= 15 is 0 Å². The quantitative estimate of drug-likeness (QED) is 0.809. The van der Waals surface area contributed by atoms with Crippen LogP contribution >= 0.6 is 0 Å². The van der Waals surface area contributed by atoms with Crippen molar-refractivity contribution >= 4 is 11.1 Å². The summed E-state index contributed by atoms with van der Waals surface area (Å²) in [6.07, 6.45) is 1.54. The van der Waals surface area contributed by atoms with Gasteiger partial charge in [-0.15, -0.1) is 0 Å². The summed E-state index contributed by atoms with van der Waals surface area (Å²) < 4.78 is 5.51. The molecule has 0 spiro atoms. The van der Waals surface area contributed by atoms with Crippen molar-refractivity contribution in [1.29, 1.82) is 5.26 Å². The molecule has 1 aromatic carbocycles. The van der Waals surface area contributed by atoms with Crippen molar-refractivity contribution in [3.63, 3.8) is 0 Å². The molecule has 94 valence electrons. The van der Waals surface area contributed by atoms with Crippen molar-refractivity contribution in [2.24, 2.45) is 0 Å². The van der Waals surface area contributed by atoms with Crippen LogP contribution in [0.2, 0.25) is 0 Å². The zero-order valence-corrected chi connectivity index (χ0v) is 10.8. The van der Waals surface area contributed by atoms with E-state index in [-0.39, 0.29) is 0 Å². The fourth-order valence-corrected chi connectivity index (χ4v) is 1.91. The standard InChI is InChI=1S/C14H17N3O/c1-11-16-13-5-4-12(10-14(13)18-11)6-9-17(2)8-3-7-15/h4-5,10H,3,6,8-9H2,1-2H3. The average molecular weight is 243 g/mol. The maximum absolute atomic E-state index is 8.53. The van der Waals surface area contributed by atoms with E-state index in [9.17, 15) is 0 Å². The number of hydrogen-bond acceptors (Lipinski definition) is 4. The molecule has 0 bridgehead atoms. The number of nitriles is 1. The van der Waals surface area contributed by atoms with Gasteiger partial charge in [0.1, 0.15) is 5.52 Å². The van der Waals surface area contributed by atoms with Crippen LogP contribution in [0.3, 0.4) is 0 Å². The lowest BCUT2D eigenvalue weighted by Crippen LogP contribution is -2.22. The highest BCUT2D eigenvalue weighted by atomic mass is 16.3. The largest absolute Gasteiger partial charge is 0.441 e. The van der Waals surface area contributed by atoms with Crippen LogP contribution in [0.15, 0.2) is 22.6 Å². The molecule has 0 aliphatic rings. The third-order valence-electron chi connectivity index (χ3n) is 2.95. The Labute approximate surface area is 107 Å². The van der Waals surface area contributed by atoms with E-state index in [1.807, 2.05) is 26.1 Å². The molecule has 0 saturated heterocycles. The van der Waals surface area contributed by atoms with Crippen molar-refractivity contribution in [3.8, 4) is 6.07 Å².